The molecule has 2 aromatic rings. The summed E-state index contributed by atoms with van der Waals surface area (Å²) in [4.78, 5) is 0. The van der Waals surface area contributed by atoms with E-state index in [-0.39, 0.29) is 6.04 Å². The zero-order valence-electron chi connectivity index (χ0n) is 13.1. The standard InChI is InChI=1S/C16H23N3O2/c1-5-14(17-9-12-10-18-19(2)11-12)13-6-7-15(20-3)16(8-13)21-4/h6-8,10-11,14,17H,5,9H2,1-4H3. The molecule has 5 heteroatoms. The molecule has 1 heterocycles. The normalized spacial score (nSPS) is 12.2. The minimum Gasteiger partial charge on any atom is -0.493 e. The van der Waals surface area contributed by atoms with Crippen molar-refractivity contribution in [2.45, 2.75) is 25.9 Å². The number of methoxy groups -OCH3 is 2. The van der Waals surface area contributed by atoms with Gasteiger partial charge in [-0.15, -0.1) is 0 Å². The average Bonchev–Trinajstić information content (AvgIpc) is 2.93. The summed E-state index contributed by atoms with van der Waals surface area (Å²) in [7, 11) is 5.23. The van der Waals surface area contributed by atoms with E-state index in [1.807, 2.05) is 36.3 Å². The lowest BCUT2D eigenvalue weighted by Crippen LogP contribution is -2.20. The van der Waals surface area contributed by atoms with E-state index in [1.54, 1.807) is 14.2 Å². The summed E-state index contributed by atoms with van der Waals surface area (Å²) in [6.07, 6.45) is 4.90. The van der Waals surface area contributed by atoms with Crippen molar-refractivity contribution in [1.82, 2.24) is 15.1 Å². The molecule has 1 aromatic carbocycles. The Bertz CT molecular complexity index is 581. The minimum absolute atomic E-state index is 0.269. The number of nitrogens with one attached hydrogen (secondary N) is 1. The summed E-state index contributed by atoms with van der Waals surface area (Å²) < 4.78 is 12.5. The first kappa shape index (κ1) is 15.4. The van der Waals surface area contributed by atoms with Gasteiger partial charge in [-0.25, -0.2) is 0 Å². The smallest absolute Gasteiger partial charge is 0.161 e. The number of hydrogen-bond donors (Lipinski definition) is 1. The first-order chi connectivity index (χ1) is 10.2. The van der Waals surface area contributed by atoms with Gasteiger partial charge in [-0.3, -0.25) is 4.68 Å². The Hall–Kier alpha value is -2.01. The molecular formula is C16H23N3O2. The first-order valence-corrected chi connectivity index (χ1v) is 7.10. The predicted molar refractivity (Wildman–Crippen MR) is 82.6 cm³/mol. The summed E-state index contributed by atoms with van der Waals surface area (Å²) in [5.74, 6) is 1.51. The number of aromatic nitrogens is 2. The van der Waals surface area contributed by atoms with Crippen molar-refractivity contribution in [3.05, 3.63) is 41.7 Å². The van der Waals surface area contributed by atoms with E-state index in [1.165, 1.54) is 11.1 Å². The molecular weight excluding hydrogens is 266 g/mol. The molecule has 0 amide bonds. The molecule has 0 saturated heterocycles. The highest BCUT2D eigenvalue weighted by Crippen LogP contribution is 2.30. The van der Waals surface area contributed by atoms with E-state index in [9.17, 15) is 0 Å². The Kier molecular flexibility index (Phi) is 5.22. The van der Waals surface area contributed by atoms with Crippen molar-refractivity contribution in [3.8, 4) is 11.5 Å². The maximum absolute atomic E-state index is 5.37. The van der Waals surface area contributed by atoms with Gasteiger partial charge in [0.1, 0.15) is 0 Å². The van der Waals surface area contributed by atoms with Crippen molar-refractivity contribution >= 4 is 0 Å². The molecule has 1 N–H and O–H groups in total. The Morgan fingerprint density at radius 2 is 2.00 bits per heavy atom. The number of rotatable bonds is 7. The van der Waals surface area contributed by atoms with E-state index in [2.05, 4.69) is 23.4 Å². The third-order valence-electron chi connectivity index (χ3n) is 3.53. The molecule has 1 unspecified atom stereocenters. The Morgan fingerprint density at radius 3 is 2.57 bits per heavy atom. The summed E-state index contributed by atoms with van der Waals surface area (Å²) in [5.41, 5.74) is 2.37. The largest absolute Gasteiger partial charge is 0.493 e. The van der Waals surface area contributed by atoms with Crippen LogP contribution in [0.4, 0.5) is 0 Å². The monoisotopic (exact) mass is 289 g/mol. The van der Waals surface area contributed by atoms with E-state index in [4.69, 9.17) is 9.47 Å². The number of hydrogen-bond acceptors (Lipinski definition) is 4. The van der Waals surface area contributed by atoms with Crippen LogP contribution in [-0.2, 0) is 13.6 Å². The topological polar surface area (TPSA) is 48.3 Å². The molecule has 0 fully saturated rings. The highest BCUT2D eigenvalue weighted by Gasteiger charge is 2.12. The van der Waals surface area contributed by atoms with Gasteiger partial charge in [-0.05, 0) is 24.1 Å². The SMILES string of the molecule is CCC(NCc1cnn(C)c1)c1ccc(OC)c(OC)c1. The lowest BCUT2D eigenvalue weighted by atomic mass is 10.0. The van der Waals surface area contributed by atoms with Crippen molar-refractivity contribution in [2.24, 2.45) is 7.05 Å². The minimum atomic E-state index is 0.269. The van der Waals surface area contributed by atoms with Gasteiger partial charge in [-0.2, -0.15) is 5.10 Å². The van der Waals surface area contributed by atoms with Crippen LogP contribution in [-0.4, -0.2) is 24.0 Å². The number of aryl methyl sites for hydroxylation is 1. The maximum Gasteiger partial charge on any atom is 0.161 e. The lowest BCUT2D eigenvalue weighted by Gasteiger charge is -2.18. The molecule has 1 aromatic heterocycles. The first-order valence-electron chi connectivity index (χ1n) is 7.10. The van der Waals surface area contributed by atoms with Gasteiger partial charge in [-0.1, -0.05) is 13.0 Å². The van der Waals surface area contributed by atoms with Crippen LogP contribution in [0.15, 0.2) is 30.6 Å². The predicted octanol–water partition coefficient (Wildman–Crippen LogP) is 2.68. The fourth-order valence-electron chi connectivity index (χ4n) is 2.37. The summed E-state index contributed by atoms with van der Waals surface area (Å²) in [6, 6.07) is 6.32. The molecule has 21 heavy (non-hydrogen) atoms. The Balaban J connectivity index is 2.09. The van der Waals surface area contributed by atoms with Gasteiger partial charge in [0.15, 0.2) is 11.5 Å². The number of nitrogens with zero attached hydrogens (tertiary/aromatic N) is 2. The highest BCUT2D eigenvalue weighted by atomic mass is 16.5. The molecule has 114 valence electrons. The second-order valence-corrected chi connectivity index (χ2v) is 4.98. The van der Waals surface area contributed by atoms with Crippen LogP contribution in [0.5, 0.6) is 11.5 Å². The van der Waals surface area contributed by atoms with Gasteiger partial charge in [0, 0.05) is 31.4 Å². The third kappa shape index (κ3) is 3.76. The molecule has 0 radical (unpaired) electrons. The van der Waals surface area contributed by atoms with E-state index < -0.39 is 0 Å². The summed E-state index contributed by atoms with van der Waals surface area (Å²) >= 11 is 0. The fourth-order valence-corrected chi connectivity index (χ4v) is 2.37. The van der Waals surface area contributed by atoms with Crippen molar-refractivity contribution in [1.29, 1.82) is 0 Å². The van der Waals surface area contributed by atoms with Crippen LogP contribution >= 0.6 is 0 Å². The van der Waals surface area contributed by atoms with Crippen LogP contribution in [0, 0.1) is 0 Å². The molecule has 2 rings (SSSR count). The molecule has 0 spiro atoms. The van der Waals surface area contributed by atoms with Gasteiger partial charge in [0.05, 0.1) is 20.4 Å². The van der Waals surface area contributed by atoms with E-state index >= 15 is 0 Å². The number of ether oxygens (including phenoxy) is 2. The molecule has 0 saturated carbocycles. The van der Waals surface area contributed by atoms with Gasteiger partial charge < -0.3 is 14.8 Å². The lowest BCUT2D eigenvalue weighted by molar-refractivity contribution is 0.353. The summed E-state index contributed by atoms with van der Waals surface area (Å²) in [6.45, 7) is 2.96. The molecule has 0 aliphatic rings. The van der Waals surface area contributed by atoms with Crippen LogP contribution in [0.3, 0.4) is 0 Å². The maximum atomic E-state index is 5.37. The van der Waals surface area contributed by atoms with Crippen molar-refractivity contribution < 1.29 is 9.47 Å². The van der Waals surface area contributed by atoms with Gasteiger partial charge in [0.2, 0.25) is 0 Å². The van der Waals surface area contributed by atoms with Crippen molar-refractivity contribution in [3.63, 3.8) is 0 Å². The van der Waals surface area contributed by atoms with Crippen LogP contribution in [0.2, 0.25) is 0 Å². The molecule has 5 nitrogen and oxygen atoms in total. The Morgan fingerprint density at radius 1 is 1.24 bits per heavy atom. The second kappa shape index (κ2) is 7.13. The van der Waals surface area contributed by atoms with E-state index in [0.717, 1.165) is 24.5 Å². The quantitative estimate of drug-likeness (QED) is 0.851. The summed E-state index contributed by atoms with van der Waals surface area (Å²) in [5, 5.41) is 7.74. The van der Waals surface area contributed by atoms with Gasteiger partial charge >= 0.3 is 0 Å². The highest BCUT2D eigenvalue weighted by molar-refractivity contribution is 5.43. The number of benzene rings is 1. The van der Waals surface area contributed by atoms with Gasteiger partial charge in [0.25, 0.3) is 0 Å². The molecule has 1 atom stereocenters. The van der Waals surface area contributed by atoms with Crippen molar-refractivity contribution in [2.75, 3.05) is 14.2 Å². The Labute approximate surface area is 125 Å². The molecule has 0 bridgehead atoms. The van der Waals surface area contributed by atoms with Crippen LogP contribution in [0.1, 0.15) is 30.5 Å². The molecule has 0 aliphatic heterocycles. The zero-order valence-corrected chi connectivity index (χ0v) is 13.1. The molecule has 0 aliphatic carbocycles. The van der Waals surface area contributed by atoms with Crippen LogP contribution in [0.25, 0.3) is 0 Å². The zero-order chi connectivity index (χ0) is 15.2. The second-order valence-electron chi connectivity index (χ2n) is 4.98. The van der Waals surface area contributed by atoms with E-state index in [0.29, 0.717) is 0 Å². The van der Waals surface area contributed by atoms with Crippen LogP contribution < -0.4 is 14.8 Å². The fraction of sp³-hybridized carbons (Fsp3) is 0.438. The average molecular weight is 289 g/mol. The third-order valence-corrected chi connectivity index (χ3v) is 3.53.